The molecule has 2 amide bonds. The summed E-state index contributed by atoms with van der Waals surface area (Å²) in [5, 5.41) is 14.7. The number of nitrogens with zero attached hydrogens (tertiary/aromatic N) is 3. The number of halogens is 1. The lowest BCUT2D eigenvalue weighted by molar-refractivity contribution is -0.384. The van der Waals surface area contributed by atoms with Crippen LogP contribution >= 0.6 is 0 Å². The van der Waals surface area contributed by atoms with Crippen molar-refractivity contribution in [2.45, 2.75) is 13.0 Å². The molecule has 2 aromatic carbocycles. The fourth-order valence-electron chi connectivity index (χ4n) is 3.28. The molecule has 4 rings (SSSR count). The van der Waals surface area contributed by atoms with Gasteiger partial charge in [-0.2, -0.15) is 0 Å². The maximum absolute atomic E-state index is 13.1. The van der Waals surface area contributed by atoms with E-state index in [9.17, 15) is 24.1 Å². The number of aryl methyl sites for hydroxylation is 1. The summed E-state index contributed by atoms with van der Waals surface area (Å²) < 4.78 is 13.1. The molecule has 136 valence electrons. The Morgan fingerprint density at radius 2 is 1.85 bits per heavy atom. The van der Waals surface area contributed by atoms with Gasteiger partial charge in [-0.3, -0.25) is 19.7 Å². The minimum atomic E-state index is -1.10. The number of hydrogen-bond acceptors (Lipinski definition) is 6. The van der Waals surface area contributed by atoms with Crippen LogP contribution in [0.4, 0.5) is 15.8 Å². The number of hydrogen-bond donors (Lipinski definition) is 0. The summed E-state index contributed by atoms with van der Waals surface area (Å²) in [6.45, 7) is 1.58. The van der Waals surface area contributed by atoms with Crippen LogP contribution in [-0.4, -0.2) is 28.6 Å². The molecule has 2 aliphatic heterocycles. The predicted octanol–water partition coefficient (Wildman–Crippen LogP) is 2.33. The number of oxime groups is 1. The highest BCUT2D eigenvalue weighted by atomic mass is 19.1. The Labute approximate surface area is 152 Å². The third kappa shape index (κ3) is 2.55. The third-order valence-electron chi connectivity index (χ3n) is 4.58. The molecule has 0 bridgehead atoms. The minimum Gasteiger partial charge on any atom is -0.381 e. The molecule has 1 saturated heterocycles. The number of benzene rings is 2. The van der Waals surface area contributed by atoms with Crippen molar-refractivity contribution in [1.82, 2.24) is 0 Å². The predicted molar refractivity (Wildman–Crippen MR) is 91.6 cm³/mol. The van der Waals surface area contributed by atoms with Crippen molar-refractivity contribution >= 4 is 28.9 Å². The number of nitro groups is 1. The van der Waals surface area contributed by atoms with E-state index in [1.54, 1.807) is 6.92 Å². The Morgan fingerprint density at radius 3 is 2.48 bits per heavy atom. The number of rotatable bonds is 3. The maximum Gasteiger partial charge on any atom is 0.278 e. The summed E-state index contributed by atoms with van der Waals surface area (Å²) in [6, 6.07) is 9.25. The lowest BCUT2D eigenvalue weighted by atomic mass is 9.94. The van der Waals surface area contributed by atoms with Crippen LogP contribution in [0.3, 0.4) is 0 Å². The van der Waals surface area contributed by atoms with Gasteiger partial charge in [0.1, 0.15) is 17.4 Å². The van der Waals surface area contributed by atoms with Gasteiger partial charge in [0.15, 0.2) is 0 Å². The Kier molecular flexibility index (Phi) is 3.72. The highest BCUT2D eigenvalue weighted by Crippen LogP contribution is 2.37. The van der Waals surface area contributed by atoms with E-state index in [0.717, 1.165) is 4.90 Å². The topological polar surface area (TPSA) is 102 Å². The van der Waals surface area contributed by atoms with Crippen LogP contribution in [0.1, 0.15) is 11.1 Å². The summed E-state index contributed by atoms with van der Waals surface area (Å²) in [7, 11) is 0. The van der Waals surface area contributed by atoms with E-state index in [2.05, 4.69) is 5.16 Å². The number of amides is 2. The van der Waals surface area contributed by atoms with Gasteiger partial charge in [0.25, 0.3) is 11.6 Å². The van der Waals surface area contributed by atoms with Gasteiger partial charge < -0.3 is 4.84 Å². The van der Waals surface area contributed by atoms with Crippen molar-refractivity contribution in [3.63, 3.8) is 0 Å². The summed E-state index contributed by atoms with van der Waals surface area (Å²) in [5.74, 6) is -2.52. The molecule has 1 fully saturated rings. The van der Waals surface area contributed by atoms with Crippen molar-refractivity contribution in [3.8, 4) is 0 Å². The SMILES string of the molecule is Cc1cc([N+](=O)[O-])ccc1N1C(=O)[C@H]2C(c3ccc(F)cc3)=NO[C@H]2C1=O. The zero-order valence-corrected chi connectivity index (χ0v) is 14.0. The summed E-state index contributed by atoms with van der Waals surface area (Å²) in [5.41, 5.74) is 1.26. The Hall–Kier alpha value is -3.62. The number of carbonyl (C=O) groups excluding carboxylic acids is 2. The molecular weight excluding hydrogens is 357 g/mol. The van der Waals surface area contributed by atoms with E-state index in [1.807, 2.05) is 0 Å². The second-order valence-corrected chi connectivity index (χ2v) is 6.23. The van der Waals surface area contributed by atoms with Crippen LogP contribution in [0.2, 0.25) is 0 Å². The van der Waals surface area contributed by atoms with E-state index >= 15 is 0 Å². The van der Waals surface area contributed by atoms with Crippen molar-refractivity contribution in [1.29, 1.82) is 0 Å². The average molecular weight is 369 g/mol. The molecule has 2 aromatic rings. The Balaban J connectivity index is 1.70. The number of imide groups is 1. The van der Waals surface area contributed by atoms with Gasteiger partial charge in [0, 0.05) is 17.7 Å². The Morgan fingerprint density at radius 1 is 1.15 bits per heavy atom. The van der Waals surface area contributed by atoms with Gasteiger partial charge >= 0.3 is 0 Å². The van der Waals surface area contributed by atoms with Crippen LogP contribution in [0.25, 0.3) is 0 Å². The van der Waals surface area contributed by atoms with Gasteiger partial charge in [-0.05, 0) is 30.7 Å². The van der Waals surface area contributed by atoms with E-state index in [-0.39, 0.29) is 17.1 Å². The minimum absolute atomic E-state index is 0.139. The molecule has 8 nitrogen and oxygen atoms in total. The third-order valence-corrected chi connectivity index (χ3v) is 4.58. The number of nitro benzene ring substituents is 1. The standard InChI is InChI=1S/C18H12FN3O5/c1-9-8-12(22(25)26)6-7-13(9)21-17(23)14-15(20-27-16(14)18(21)24)10-2-4-11(19)5-3-10/h2-8,14,16H,1H3/t14-,16+/m0/s1. The first-order valence-corrected chi connectivity index (χ1v) is 8.01. The van der Waals surface area contributed by atoms with E-state index < -0.39 is 34.6 Å². The number of carbonyl (C=O) groups is 2. The molecule has 0 N–H and O–H groups in total. The van der Waals surface area contributed by atoms with Gasteiger partial charge in [0.05, 0.1) is 10.6 Å². The number of non-ortho nitro benzene ring substituents is 1. The first-order valence-electron chi connectivity index (χ1n) is 8.01. The first kappa shape index (κ1) is 16.8. The molecule has 0 spiro atoms. The highest BCUT2D eigenvalue weighted by Gasteiger charge is 2.56. The zero-order chi connectivity index (χ0) is 19.3. The fraction of sp³-hybridized carbons (Fsp3) is 0.167. The van der Waals surface area contributed by atoms with E-state index in [0.29, 0.717) is 11.1 Å². The van der Waals surface area contributed by atoms with Crippen LogP contribution in [0.15, 0.2) is 47.6 Å². The molecule has 0 aliphatic carbocycles. The van der Waals surface area contributed by atoms with Gasteiger partial charge in [-0.15, -0.1) is 0 Å². The molecule has 27 heavy (non-hydrogen) atoms. The van der Waals surface area contributed by atoms with E-state index in [4.69, 9.17) is 4.84 Å². The van der Waals surface area contributed by atoms with Crippen LogP contribution in [0.5, 0.6) is 0 Å². The largest absolute Gasteiger partial charge is 0.381 e. The smallest absolute Gasteiger partial charge is 0.278 e. The summed E-state index contributed by atoms with van der Waals surface area (Å²) in [4.78, 5) is 42.2. The summed E-state index contributed by atoms with van der Waals surface area (Å²) >= 11 is 0. The van der Waals surface area contributed by atoms with Crippen molar-refractivity contribution in [2.75, 3.05) is 4.90 Å². The molecule has 0 radical (unpaired) electrons. The lowest BCUT2D eigenvalue weighted by Gasteiger charge is -2.17. The Bertz CT molecular complexity index is 1020. The average Bonchev–Trinajstić information content (AvgIpc) is 3.17. The highest BCUT2D eigenvalue weighted by molar-refractivity contribution is 6.32. The number of anilines is 1. The summed E-state index contributed by atoms with van der Waals surface area (Å²) in [6.07, 6.45) is -1.10. The van der Waals surface area contributed by atoms with Crippen molar-refractivity contribution < 1.29 is 23.7 Å². The van der Waals surface area contributed by atoms with Crippen molar-refractivity contribution in [3.05, 3.63) is 69.5 Å². The second kappa shape index (κ2) is 5.97. The quantitative estimate of drug-likeness (QED) is 0.469. The molecular formula is C18H12FN3O5. The zero-order valence-electron chi connectivity index (χ0n) is 14.0. The lowest BCUT2D eigenvalue weighted by Crippen LogP contribution is -2.33. The van der Waals surface area contributed by atoms with Gasteiger partial charge in [0.2, 0.25) is 12.0 Å². The first-order chi connectivity index (χ1) is 12.9. The van der Waals surface area contributed by atoms with Gasteiger partial charge in [-0.1, -0.05) is 17.3 Å². The second-order valence-electron chi connectivity index (χ2n) is 6.23. The molecule has 2 heterocycles. The normalized spacial score (nSPS) is 21.1. The molecule has 2 aliphatic rings. The van der Waals surface area contributed by atoms with Crippen molar-refractivity contribution in [2.24, 2.45) is 11.1 Å². The van der Waals surface area contributed by atoms with Crippen LogP contribution in [0, 0.1) is 28.8 Å². The molecule has 0 unspecified atom stereocenters. The molecule has 0 saturated carbocycles. The van der Waals surface area contributed by atoms with Crippen LogP contribution < -0.4 is 4.90 Å². The molecule has 2 atom stereocenters. The van der Waals surface area contributed by atoms with E-state index in [1.165, 1.54) is 42.5 Å². The van der Waals surface area contributed by atoms with Gasteiger partial charge in [-0.25, -0.2) is 9.29 Å². The number of fused-ring (bicyclic) bond motifs is 1. The van der Waals surface area contributed by atoms with Crippen LogP contribution in [-0.2, 0) is 14.4 Å². The molecule has 9 heteroatoms. The molecule has 0 aromatic heterocycles. The maximum atomic E-state index is 13.1. The fourth-order valence-corrected chi connectivity index (χ4v) is 3.28. The monoisotopic (exact) mass is 369 g/mol.